The zero-order valence-electron chi connectivity index (χ0n) is 8.74. The van der Waals surface area contributed by atoms with Crippen molar-refractivity contribution in [2.45, 2.75) is 25.6 Å². The van der Waals surface area contributed by atoms with Crippen LogP contribution in [0.1, 0.15) is 12.5 Å². The normalized spacial score (nSPS) is 25.4. The summed E-state index contributed by atoms with van der Waals surface area (Å²) in [4.78, 5) is 5.16. The van der Waals surface area contributed by atoms with Crippen LogP contribution in [0, 0.1) is 0 Å². The van der Waals surface area contributed by atoms with Gasteiger partial charge in [-0.2, -0.15) is 0 Å². The van der Waals surface area contributed by atoms with Crippen molar-refractivity contribution in [2.75, 3.05) is 6.54 Å². The third-order valence-electron chi connectivity index (χ3n) is 2.98. The highest BCUT2D eigenvalue weighted by molar-refractivity contribution is 5.15. The molecule has 1 aliphatic rings. The molecule has 1 fully saturated rings. The predicted molar refractivity (Wildman–Crippen MR) is 59.2 cm³/mol. The molecule has 0 bridgehead atoms. The third kappa shape index (κ3) is 2.12. The highest BCUT2D eigenvalue weighted by Crippen LogP contribution is 2.23. The maximum atomic E-state index is 8.34. The van der Waals surface area contributed by atoms with Crippen molar-refractivity contribution in [3.63, 3.8) is 0 Å². The molecule has 1 unspecified atom stereocenters. The number of nitrogens with zero attached hydrogens (tertiary/aromatic N) is 4. The first-order valence-corrected chi connectivity index (χ1v) is 5.13. The fourth-order valence-electron chi connectivity index (χ4n) is 1.89. The summed E-state index contributed by atoms with van der Waals surface area (Å²) in [5.41, 5.74) is 9.64. The monoisotopic (exact) mass is 202 g/mol. The molecule has 2 rings (SSSR count). The molecule has 0 saturated carbocycles. The van der Waals surface area contributed by atoms with Crippen molar-refractivity contribution in [3.8, 4) is 0 Å². The summed E-state index contributed by atoms with van der Waals surface area (Å²) in [6.45, 7) is 3.92. The summed E-state index contributed by atoms with van der Waals surface area (Å²) in [5.74, 6) is 0. The fraction of sp³-hybridized carbons (Fsp3) is 0.455. The SMILES string of the molecule is C[C@H]1C(N=[N+]=[N-])CN1Cc1ccccc1. The first-order valence-electron chi connectivity index (χ1n) is 5.13. The van der Waals surface area contributed by atoms with Crippen molar-refractivity contribution in [1.82, 2.24) is 4.90 Å². The Morgan fingerprint density at radius 1 is 1.47 bits per heavy atom. The van der Waals surface area contributed by atoms with E-state index in [9.17, 15) is 0 Å². The Morgan fingerprint density at radius 3 is 2.80 bits per heavy atom. The summed E-state index contributed by atoms with van der Waals surface area (Å²) in [7, 11) is 0. The quantitative estimate of drug-likeness (QED) is 0.422. The van der Waals surface area contributed by atoms with Crippen molar-refractivity contribution >= 4 is 0 Å². The lowest BCUT2D eigenvalue weighted by Gasteiger charge is -2.44. The van der Waals surface area contributed by atoms with Gasteiger partial charge < -0.3 is 0 Å². The third-order valence-corrected chi connectivity index (χ3v) is 2.98. The molecule has 4 heteroatoms. The van der Waals surface area contributed by atoms with Crippen LogP contribution < -0.4 is 0 Å². The van der Waals surface area contributed by atoms with E-state index in [2.05, 4.69) is 34.0 Å². The zero-order chi connectivity index (χ0) is 10.7. The molecule has 1 heterocycles. The van der Waals surface area contributed by atoms with Gasteiger partial charge >= 0.3 is 0 Å². The van der Waals surface area contributed by atoms with E-state index in [-0.39, 0.29) is 6.04 Å². The minimum Gasteiger partial charge on any atom is -0.295 e. The number of azide groups is 1. The second-order valence-electron chi connectivity index (χ2n) is 3.93. The average Bonchev–Trinajstić information content (AvgIpc) is 2.29. The lowest BCUT2D eigenvalue weighted by Crippen LogP contribution is -2.56. The molecule has 0 amide bonds. The van der Waals surface area contributed by atoms with Gasteiger partial charge in [-0.3, -0.25) is 4.90 Å². The molecule has 1 saturated heterocycles. The highest BCUT2D eigenvalue weighted by atomic mass is 15.3. The molecule has 78 valence electrons. The lowest BCUT2D eigenvalue weighted by atomic mass is 9.98. The minimum absolute atomic E-state index is 0.152. The Morgan fingerprint density at radius 2 is 2.20 bits per heavy atom. The van der Waals surface area contributed by atoms with Gasteiger partial charge in [0.25, 0.3) is 0 Å². The Balaban J connectivity index is 1.91. The Labute approximate surface area is 89.1 Å². The van der Waals surface area contributed by atoms with Crippen molar-refractivity contribution in [1.29, 1.82) is 0 Å². The molecule has 0 spiro atoms. The van der Waals surface area contributed by atoms with E-state index >= 15 is 0 Å². The molecule has 15 heavy (non-hydrogen) atoms. The van der Waals surface area contributed by atoms with Gasteiger partial charge in [-0.25, -0.2) is 0 Å². The molecule has 1 aromatic carbocycles. The van der Waals surface area contributed by atoms with E-state index in [1.807, 2.05) is 18.2 Å². The fourth-order valence-corrected chi connectivity index (χ4v) is 1.89. The molecule has 0 N–H and O–H groups in total. The van der Waals surface area contributed by atoms with Crippen LogP contribution in [-0.2, 0) is 6.54 Å². The average molecular weight is 202 g/mol. The van der Waals surface area contributed by atoms with Gasteiger partial charge in [-0.05, 0) is 18.0 Å². The van der Waals surface area contributed by atoms with Gasteiger partial charge in [-0.1, -0.05) is 35.4 Å². The summed E-state index contributed by atoms with van der Waals surface area (Å²) in [6, 6.07) is 10.9. The zero-order valence-corrected chi connectivity index (χ0v) is 8.74. The number of likely N-dealkylation sites (tertiary alicyclic amines) is 1. The van der Waals surface area contributed by atoms with Gasteiger partial charge in [0.05, 0.1) is 6.04 Å². The standard InChI is InChI=1S/C11H14N4/c1-9-11(13-14-12)8-15(9)7-10-5-3-2-4-6-10/h2-6,9,11H,7-8H2,1H3/t9-,11?/m0/s1. The first kappa shape index (κ1) is 10.0. The molecule has 0 aromatic heterocycles. The van der Waals surface area contributed by atoms with Crippen LogP contribution in [0.3, 0.4) is 0 Å². The molecular formula is C11H14N4. The van der Waals surface area contributed by atoms with Crippen LogP contribution in [0.2, 0.25) is 0 Å². The summed E-state index contributed by atoms with van der Waals surface area (Å²) < 4.78 is 0. The van der Waals surface area contributed by atoms with Gasteiger partial charge in [-0.15, -0.1) is 0 Å². The lowest BCUT2D eigenvalue weighted by molar-refractivity contribution is 0.0680. The molecule has 0 radical (unpaired) electrons. The highest BCUT2D eigenvalue weighted by Gasteiger charge is 2.34. The van der Waals surface area contributed by atoms with Crippen molar-refractivity contribution in [3.05, 3.63) is 46.3 Å². The van der Waals surface area contributed by atoms with E-state index in [4.69, 9.17) is 5.53 Å². The van der Waals surface area contributed by atoms with E-state index in [0.717, 1.165) is 13.1 Å². The molecule has 1 aliphatic heterocycles. The van der Waals surface area contributed by atoms with E-state index in [1.54, 1.807) is 0 Å². The Kier molecular flexibility index (Phi) is 2.90. The second kappa shape index (κ2) is 4.34. The summed E-state index contributed by atoms with van der Waals surface area (Å²) >= 11 is 0. The molecule has 2 atom stereocenters. The molecule has 4 nitrogen and oxygen atoms in total. The maximum Gasteiger partial charge on any atom is 0.0654 e. The topological polar surface area (TPSA) is 52.0 Å². The molecule has 0 aliphatic carbocycles. The van der Waals surface area contributed by atoms with E-state index < -0.39 is 0 Å². The first-order chi connectivity index (χ1) is 7.31. The number of hydrogen-bond donors (Lipinski definition) is 0. The number of benzene rings is 1. The summed E-state index contributed by atoms with van der Waals surface area (Å²) in [5, 5.41) is 3.74. The molecular weight excluding hydrogens is 188 g/mol. The van der Waals surface area contributed by atoms with Crippen LogP contribution >= 0.6 is 0 Å². The van der Waals surface area contributed by atoms with Crippen LogP contribution in [0.15, 0.2) is 35.4 Å². The Bertz CT molecular complexity index is 369. The molecule has 1 aromatic rings. The van der Waals surface area contributed by atoms with Gasteiger partial charge in [0.2, 0.25) is 0 Å². The van der Waals surface area contributed by atoms with E-state index in [1.165, 1.54) is 5.56 Å². The van der Waals surface area contributed by atoms with Gasteiger partial charge in [0, 0.05) is 24.0 Å². The number of rotatable bonds is 3. The largest absolute Gasteiger partial charge is 0.295 e. The van der Waals surface area contributed by atoms with Crippen LogP contribution in [0.4, 0.5) is 0 Å². The smallest absolute Gasteiger partial charge is 0.0654 e. The second-order valence-corrected chi connectivity index (χ2v) is 3.93. The Hall–Kier alpha value is -1.51. The van der Waals surface area contributed by atoms with Crippen molar-refractivity contribution < 1.29 is 0 Å². The van der Waals surface area contributed by atoms with E-state index in [0.29, 0.717) is 6.04 Å². The van der Waals surface area contributed by atoms with Crippen LogP contribution in [0.25, 0.3) is 10.4 Å². The van der Waals surface area contributed by atoms with Gasteiger partial charge in [0.15, 0.2) is 0 Å². The van der Waals surface area contributed by atoms with Crippen LogP contribution in [-0.4, -0.2) is 23.5 Å². The predicted octanol–water partition coefficient (Wildman–Crippen LogP) is 2.57. The summed E-state index contributed by atoms with van der Waals surface area (Å²) in [6.07, 6.45) is 0. The van der Waals surface area contributed by atoms with Crippen LogP contribution in [0.5, 0.6) is 0 Å². The van der Waals surface area contributed by atoms with Crippen molar-refractivity contribution in [2.24, 2.45) is 5.11 Å². The minimum atomic E-state index is 0.152. The maximum absolute atomic E-state index is 8.34. The van der Waals surface area contributed by atoms with Gasteiger partial charge in [0.1, 0.15) is 0 Å². The number of hydrogen-bond acceptors (Lipinski definition) is 2.